The van der Waals surface area contributed by atoms with Crippen molar-refractivity contribution in [3.8, 4) is 17.0 Å². The third-order valence-corrected chi connectivity index (χ3v) is 4.74. The summed E-state index contributed by atoms with van der Waals surface area (Å²) in [5.74, 6) is -0.472. The van der Waals surface area contributed by atoms with E-state index in [4.69, 9.17) is 18.8 Å². The fourth-order valence-electron chi connectivity index (χ4n) is 3.07. The summed E-state index contributed by atoms with van der Waals surface area (Å²) in [6.45, 7) is 4.47. The van der Waals surface area contributed by atoms with Crippen molar-refractivity contribution in [2.75, 3.05) is 19.8 Å². The van der Waals surface area contributed by atoms with Crippen LogP contribution in [-0.4, -0.2) is 47.9 Å². The van der Waals surface area contributed by atoms with E-state index < -0.39 is 12.1 Å². The van der Waals surface area contributed by atoms with Crippen LogP contribution in [0.25, 0.3) is 11.3 Å². The normalized spacial score (nSPS) is 12.4. The predicted octanol–water partition coefficient (Wildman–Crippen LogP) is 4.72. The maximum Gasteiger partial charge on any atom is 0.333 e. The third-order valence-electron chi connectivity index (χ3n) is 4.74. The molecule has 3 aromatic rings. The van der Waals surface area contributed by atoms with Gasteiger partial charge in [0.05, 0.1) is 0 Å². The fraction of sp³-hybridized carbons (Fsp3) is 0.320. The molecule has 1 aromatic heterocycles. The Balaban J connectivity index is 1.73. The van der Waals surface area contributed by atoms with Gasteiger partial charge in [0.1, 0.15) is 30.5 Å². The number of hydrogen-bond acceptors (Lipinski definition) is 7. The van der Waals surface area contributed by atoms with Gasteiger partial charge in [0.25, 0.3) is 0 Å². The molecule has 2 aromatic carbocycles. The number of ether oxygens (including phenoxy) is 2. The van der Waals surface area contributed by atoms with E-state index in [0.29, 0.717) is 41.7 Å². The van der Waals surface area contributed by atoms with Gasteiger partial charge in [0, 0.05) is 24.7 Å². The number of carboxylic acid groups (broad SMARTS) is 1. The number of carbonyl (C=O) groups is 1. The molecule has 0 radical (unpaired) electrons. The molecule has 8 nitrogen and oxygen atoms in total. The minimum Gasteiger partial charge on any atom is -0.487 e. The van der Waals surface area contributed by atoms with Crippen LogP contribution in [-0.2, 0) is 20.8 Å². The summed E-state index contributed by atoms with van der Waals surface area (Å²) in [5.41, 5.74) is 2.37. The summed E-state index contributed by atoms with van der Waals surface area (Å²) in [4.78, 5) is 16.7. The molecular formula is C25H27FN2O6. The van der Waals surface area contributed by atoms with Gasteiger partial charge in [0.2, 0.25) is 0 Å². The largest absolute Gasteiger partial charge is 0.487 e. The Bertz CT molecular complexity index is 1100. The van der Waals surface area contributed by atoms with Crippen LogP contribution in [0.4, 0.5) is 4.39 Å². The van der Waals surface area contributed by atoms with Crippen molar-refractivity contribution in [2.45, 2.75) is 32.8 Å². The molecule has 0 spiro atoms. The molecule has 34 heavy (non-hydrogen) atoms. The first-order valence-electron chi connectivity index (χ1n) is 11.0. The molecule has 0 aliphatic rings. The second kappa shape index (κ2) is 12.5. The van der Waals surface area contributed by atoms with E-state index >= 15 is 0 Å². The fourth-order valence-corrected chi connectivity index (χ4v) is 3.07. The number of carboxylic acids is 1. The Hall–Kier alpha value is -3.72. The highest BCUT2D eigenvalue weighted by molar-refractivity contribution is 5.99. The van der Waals surface area contributed by atoms with Gasteiger partial charge in [-0.2, -0.15) is 0 Å². The number of halogens is 1. The van der Waals surface area contributed by atoms with Crippen molar-refractivity contribution in [3.05, 3.63) is 71.7 Å². The minimum atomic E-state index is -1.02. The van der Waals surface area contributed by atoms with E-state index in [1.165, 1.54) is 12.1 Å². The maximum atomic E-state index is 13.2. The lowest BCUT2D eigenvalue weighted by Crippen LogP contribution is -2.26. The Morgan fingerprint density at radius 3 is 2.68 bits per heavy atom. The number of rotatable bonds is 13. The van der Waals surface area contributed by atoms with Crippen LogP contribution in [0.15, 0.2) is 64.3 Å². The second-order valence-corrected chi connectivity index (χ2v) is 7.38. The van der Waals surface area contributed by atoms with Crippen molar-refractivity contribution in [2.24, 2.45) is 5.16 Å². The predicted molar refractivity (Wildman–Crippen MR) is 123 cm³/mol. The van der Waals surface area contributed by atoms with E-state index in [9.17, 15) is 14.3 Å². The lowest BCUT2D eigenvalue weighted by Gasteiger charge is -2.13. The van der Waals surface area contributed by atoms with Crippen molar-refractivity contribution in [3.63, 3.8) is 0 Å². The van der Waals surface area contributed by atoms with Gasteiger partial charge in [-0.1, -0.05) is 29.4 Å². The zero-order chi connectivity index (χ0) is 24.3. The summed E-state index contributed by atoms with van der Waals surface area (Å²) in [5, 5.41) is 17.5. The maximum absolute atomic E-state index is 13.2. The topological polar surface area (TPSA) is 103 Å². The van der Waals surface area contributed by atoms with Gasteiger partial charge in [-0.15, -0.1) is 0 Å². The molecule has 180 valence electrons. The van der Waals surface area contributed by atoms with Crippen LogP contribution in [0.2, 0.25) is 0 Å². The monoisotopic (exact) mass is 470 g/mol. The Kier molecular flexibility index (Phi) is 9.16. The molecule has 0 saturated carbocycles. The Morgan fingerprint density at radius 1 is 1.18 bits per heavy atom. The average molecular weight is 470 g/mol. The zero-order valence-electron chi connectivity index (χ0n) is 19.1. The number of aromatic nitrogens is 1. The number of hydrogen-bond donors (Lipinski definition) is 1. The number of nitrogens with zero attached hydrogens (tertiary/aromatic N) is 2. The standard InChI is InChI=1S/C25H27FN2O6/c1-3-12-33-27-22(23-15-21(28-34-23)18-8-10-19(26)11-9-18)16-32-20-7-5-6-17(13-20)14-24(25(29)30)31-4-2/h5-11,13,15,24H,3-4,12,14,16H2,1-2H3,(H,29,30). The summed E-state index contributed by atoms with van der Waals surface area (Å²) in [7, 11) is 0. The first-order valence-corrected chi connectivity index (χ1v) is 11.0. The van der Waals surface area contributed by atoms with Gasteiger partial charge in [0.15, 0.2) is 17.6 Å². The summed E-state index contributed by atoms with van der Waals surface area (Å²) in [6, 6.07) is 14.7. The van der Waals surface area contributed by atoms with E-state index in [1.54, 1.807) is 43.3 Å². The second-order valence-electron chi connectivity index (χ2n) is 7.38. The van der Waals surface area contributed by atoms with Crippen LogP contribution in [0, 0.1) is 5.82 Å². The number of benzene rings is 2. The smallest absolute Gasteiger partial charge is 0.333 e. The summed E-state index contributed by atoms with van der Waals surface area (Å²) in [6.07, 6.45) is 0.0600. The van der Waals surface area contributed by atoms with Crippen LogP contribution in [0.5, 0.6) is 5.75 Å². The minimum absolute atomic E-state index is 0.0268. The van der Waals surface area contributed by atoms with Gasteiger partial charge in [-0.05, 0) is 55.3 Å². The molecular weight excluding hydrogens is 443 g/mol. The molecule has 1 N–H and O–H groups in total. The highest BCUT2D eigenvalue weighted by Crippen LogP contribution is 2.21. The molecule has 0 saturated heterocycles. The number of oxime groups is 1. The zero-order valence-corrected chi connectivity index (χ0v) is 19.1. The Labute approximate surface area is 196 Å². The van der Waals surface area contributed by atoms with Crippen molar-refractivity contribution < 1.29 is 33.1 Å². The highest BCUT2D eigenvalue weighted by Gasteiger charge is 2.19. The molecule has 1 heterocycles. The SMILES string of the molecule is CCCON=C(COc1cccc(CC(OCC)C(=O)O)c1)c1cc(-c2ccc(F)cc2)no1. The molecule has 0 bridgehead atoms. The molecule has 9 heteroatoms. The van der Waals surface area contributed by atoms with Crippen LogP contribution >= 0.6 is 0 Å². The van der Waals surface area contributed by atoms with Gasteiger partial charge in [-0.3, -0.25) is 0 Å². The lowest BCUT2D eigenvalue weighted by atomic mass is 10.1. The van der Waals surface area contributed by atoms with Crippen molar-refractivity contribution >= 4 is 11.7 Å². The molecule has 0 aliphatic heterocycles. The molecule has 1 atom stereocenters. The summed E-state index contributed by atoms with van der Waals surface area (Å²) < 4.78 is 29.8. The van der Waals surface area contributed by atoms with Crippen molar-refractivity contribution in [1.82, 2.24) is 5.16 Å². The van der Waals surface area contributed by atoms with Crippen LogP contribution in [0.3, 0.4) is 0 Å². The molecule has 0 aliphatic carbocycles. The van der Waals surface area contributed by atoms with E-state index in [0.717, 1.165) is 12.0 Å². The van der Waals surface area contributed by atoms with Gasteiger partial charge >= 0.3 is 5.97 Å². The van der Waals surface area contributed by atoms with E-state index in [2.05, 4.69) is 10.3 Å². The molecule has 0 amide bonds. The van der Waals surface area contributed by atoms with Crippen LogP contribution in [0.1, 0.15) is 31.6 Å². The first kappa shape index (κ1) is 24.9. The quantitative estimate of drug-likeness (QED) is 0.219. The van der Waals surface area contributed by atoms with Gasteiger partial charge in [-0.25, -0.2) is 9.18 Å². The average Bonchev–Trinajstić information content (AvgIpc) is 3.32. The number of aliphatic carboxylic acids is 1. The Morgan fingerprint density at radius 2 is 1.97 bits per heavy atom. The van der Waals surface area contributed by atoms with Gasteiger partial charge < -0.3 is 23.9 Å². The molecule has 3 rings (SSSR count). The first-order chi connectivity index (χ1) is 16.5. The summed E-state index contributed by atoms with van der Waals surface area (Å²) >= 11 is 0. The van der Waals surface area contributed by atoms with Crippen molar-refractivity contribution in [1.29, 1.82) is 0 Å². The van der Waals surface area contributed by atoms with E-state index in [-0.39, 0.29) is 18.8 Å². The molecule has 1 unspecified atom stereocenters. The van der Waals surface area contributed by atoms with E-state index in [1.807, 2.05) is 13.0 Å². The highest BCUT2D eigenvalue weighted by atomic mass is 19.1. The molecule has 0 fully saturated rings. The van der Waals surface area contributed by atoms with Crippen LogP contribution < -0.4 is 4.74 Å². The lowest BCUT2D eigenvalue weighted by molar-refractivity contribution is -0.149. The third kappa shape index (κ3) is 7.14.